The Labute approximate surface area is 371 Å². The lowest BCUT2D eigenvalue weighted by atomic mass is 9.58. The molecule has 13 rings (SSSR count). The molecule has 12 aromatic rings. The fraction of sp³-hybridized carbons (Fsp3) is 0.138. The number of aromatic nitrogens is 1. The minimum absolute atomic E-state index is 0.0332. The molecule has 5 heterocycles. The van der Waals surface area contributed by atoms with Gasteiger partial charge in [0, 0.05) is 60.9 Å². The molecule has 0 bridgehead atoms. The van der Waals surface area contributed by atoms with Crippen LogP contribution in [0, 0.1) is 0 Å². The molecule has 8 aromatic carbocycles. The maximum absolute atomic E-state index is 7.19. The van der Waals surface area contributed by atoms with Crippen molar-refractivity contribution in [3.8, 4) is 27.9 Å². The van der Waals surface area contributed by atoms with Gasteiger partial charge in [-0.3, -0.25) is 0 Å². The first-order valence-corrected chi connectivity index (χ1v) is 22.2. The van der Waals surface area contributed by atoms with E-state index in [0.717, 1.165) is 122 Å². The van der Waals surface area contributed by atoms with Crippen molar-refractivity contribution in [1.29, 1.82) is 0 Å². The first-order chi connectivity index (χ1) is 31.0. The number of furan rings is 3. The zero-order chi connectivity index (χ0) is 43.2. The van der Waals surface area contributed by atoms with Crippen molar-refractivity contribution in [2.24, 2.45) is 0 Å². The number of nitrogens with one attached hydrogen (secondary N) is 1. The summed E-state index contributed by atoms with van der Waals surface area (Å²) in [4.78, 5) is 0. The maximum atomic E-state index is 7.19. The molecule has 0 saturated carbocycles. The topological polar surface area (TPSA) is 56.4 Å². The molecule has 1 aliphatic rings. The molecular formula is C58H44BN2O3. The molecule has 5 nitrogen and oxygen atoms in total. The first-order valence-electron chi connectivity index (χ1n) is 22.2. The van der Waals surface area contributed by atoms with Gasteiger partial charge in [0.25, 0.3) is 0 Å². The van der Waals surface area contributed by atoms with E-state index in [4.69, 9.17) is 13.3 Å². The van der Waals surface area contributed by atoms with Gasteiger partial charge in [-0.15, -0.1) is 0 Å². The van der Waals surface area contributed by atoms with Crippen LogP contribution in [0.2, 0.25) is 0 Å². The molecule has 0 saturated heterocycles. The van der Waals surface area contributed by atoms with Crippen LogP contribution < -0.4 is 16.2 Å². The fourth-order valence-corrected chi connectivity index (χ4v) is 10.3. The van der Waals surface area contributed by atoms with E-state index in [1.54, 1.807) is 0 Å². The Balaban J connectivity index is 1.19. The van der Waals surface area contributed by atoms with E-state index >= 15 is 0 Å². The van der Waals surface area contributed by atoms with Gasteiger partial charge in [0.2, 0.25) is 0 Å². The van der Waals surface area contributed by atoms with Crippen molar-refractivity contribution in [3.05, 3.63) is 163 Å². The minimum atomic E-state index is -0.0649. The standard InChI is InChI=1S/C58H44BN2O3/c1-57(2,3)33-20-23-35(24-21-33)60-44-30-50-38(36-16-10-12-18-47(36)63-50)27-40(44)51-52-37-17-11-13-19-48(37)64-56(52)53-41-26-34(58(4,5)6)22-25-45(41)61-46-28-39-42(32-14-8-7-9-15-32)31-62-49(39)29-43(46)59-54(51)55(53)61/h7-31,60H,1-6H3. The number of fused-ring (bicyclic) bond motifs is 13. The summed E-state index contributed by atoms with van der Waals surface area (Å²) in [6.07, 6.45) is 1.90. The van der Waals surface area contributed by atoms with Crippen LogP contribution in [0.5, 0.6) is 0 Å². The van der Waals surface area contributed by atoms with Crippen LogP contribution in [-0.4, -0.2) is 11.8 Å². The van der Waals surface area contributed by atoms with Gasteiger partial charge in [-0.2, -0.15) is 0 Å². The van der Waals surface area contributed by atoms with Gasteiger partial charge < -0.3 is 23.1 Å². The third-order valence-corrected chi connectivity index (χ3v) is 13.6. The van der Waals surface area contributed by atoms with Gasteiger partial charge in [-0.25, -0.2) is 0 Å². The predicted molar refractivity (Wildman–Crippen MR) is 268 cm³/mol. The van der Waals surface area contributed by atoms with Crippen molar-refractivity contribution in [1.82, 2.24) is 4.57 Å². The van der Waals surface area contributed by atoms with Crippen molar-refractivity contribution in [2.75, 3.05) is 5.32 Å². The number of benzene rings is 8. The highest BCUT2D eigenvalue weighted by Gasteiger charge is 2.33. The number of para-hydroxylation sites is 2. The van der Waals surface area contributed by atoms with Crippen LogP contribution in [0.3, 0.4) is 0 Å². The predicted octanol–water partition coefficient (Wildman–Crippen LogP) is 15.0. The summed E-state index contributed by atoms with van der Waals surface area (Å²) >= 11 is 0. The Kier molecular flexibility index (Phi) is 7.58. The van der Waals surface area contributed by atoms with Crippen LogP contribution in [-0.2, 0) is 10.8 Å². The second-order valence-corrected chi connectivity index (χ2v) is 19.6. The van der Waals surface area contributed by atoms with E-state index in [-0.39, 0.29) is 10.8 Å². The van der Waals surface area contributed by atoms with Gasteiger partial charge in [-0.1, -0.05) is 132 Å². The van der Waals surface area contributed by atoms with Crippen molar-refractivity contribution in [2.45, 2.75) is 52.4 Å². The van der Waals surface area contributed by atoms with E-state index in [0.29, 0.717) is 0 Å². The van der Waals surface area contributed by atoms with Gasteiger partial charge in [0.1, 0.15) is 27.9 Å². The average molecular weight is 828 g/mol. The zero-order valence-electron chi connectivity index (χ0n) is 36.7. The minimum Gasteiger partial charge on any atom is -0.464 e. The number of hydrogen-bond donors (Lipinski definition) is 1. The lowest BCUT2D eigenvalue weighted by Crippen LogP contribution is -2.37. The van der Waals surface area contributed by atoms with Crippen LogP contribution in [0.4, 0.5) is 11.4 Å². The zero-order valence-corrected chi connectivity index (χ0v) is 36.7. The normalized spacial score (nSPS) is 13.0. The molecule has 6 heteroatoms. The van der Waals surface area contributed by atoms with Gasteiger partial charge in [0.05, 0.1) is 28.4 Å². The molecule has 1 N–H and O–H groups in total. The molecule has 0 fully saturated rings. The van der Waals surface area contributed by atoms with Gasteiger partial charge >= 0.3 is 0 Å². The quantitative estimate of drug-likeness (QED) is 0.180. The number of anilines is 2. The molecule has 4 aromatic heterocycles. The van der Waals surface area contributed by atoms with Crippen molar-refractivity contribution in [3.63, 3.8) is 0 Å². The van der Waals surface area contributed by atoms with E-state index in [1.807, 2.05) is 12.3 Å². The van der Waals surface area contributed by atoms with Gasteiger partial charge in [0.15, 0.2) is 7.28 Å². The lowest BCUT2D eigenvalue weighted by molar-refractivity contribution is 0.590. The Morgan fingerprint density at radius 3 is 2.00 bits per heavy atom. The molecule has 0 amide bonds. The van der Waals surface area contributed by atoms with Crippen LogP contribution in [0.1, 0.15) is 52.7 Å². The number of rotatable bonds is 4. The number of hydrogen-bond acceptors (Lipinski definition) is 4. The smallest absolute Gasteiger partial charge is 0.198 e. The summed E-state index contributed by atoms with van der Waals surface area (Å²) in [5.74, 6) is 0. The molecule has 0 atom stereocenters. The number of nitrogens with zero attached hydrogens (tertiary/aromatic N) is 1. The van der Waals surface area contributed by atoms with E-state index in [1.165, 1.54) is 16.5 Å². The summed E-state index contributed by atoms with van der Waals surface area (Å²) in [5.41, 5.74) is 18.7. The van der Waals surface area contributed by atoms with Crippen LogP contribution in [0.15, 0.2) is 165 Å². The fourth-order valence-electron chi connectivity index (χ4n) is 10.3. The summed E-state index contributed by atoms with van der Waals surface area (Å²) in [5, 5.41) is 11.6. The highest BCUT2D eigenvalue weighted by Crippen LogP contribution is 2.49. The molecule has 1 radical (unpaired) electrons. The Morgan fingerprint density at radius 2 is 1.23 bits per heavy atom. The largest absolute Gasteiger partial charge is 0.464 e. The SMILES string of the molecule is CC(C)(C)c1ccc(Nc2cc3oc4ccccc4c3cc2-c2c3c4c(c5cc(C(C)(C)C)ccc5n4-c4cc5c(-c6ccccc6)coc5cc4[B]3)c3oc4ccccc4c23)cc1. The van der Waals surface area contributed by atoms with Crippen molar-refractivity contribution < 1.29 is 13.3 Å². The summed E-state index contributed by atoms with van der Waals surface area (Å²) < 4.78 is 22.7. The first kappa shape index (κ1) is 37.1. The summed E-state index contributed by atoms with van der Waals surface area (Å²) in [6, 6.07) is 52.3. The highest BCUT2D eigenvalue weighted by atomic mass is 16.3. The van der Waals surface area contributed by atoms with Crippen molar-refractivity contribution >= 4 is 106 Å². The average Bonchev–Trinajstić information content (AvgIpc) is 4.06. The monoisotopic (exact) mass is 827 g/mol. The molecule has 307 valence electrons. The summed E-state index contributed by atoms with van der Waals surface area (Å²) in [7, 11) is 2.39. The lowest BCUT2D eigenvalue weighted by Gasteiger charge is -2.25. The molecular weight excluding hydrogens is 783 g/mol. The van der Waals surface area contributed by atoms with Crippen LogP contribution in [0.25, 0.3) is 105 Å². The molecule has 0 unspecified atom stereocenters. The summed E-state index contributed by atoms with van der Waals surface area (Å²) in [6.45, 7) is 13.6. The van der Waals surface area contributed by atoms with E-state index in [2.05, 4.69) is 198 Å². The second kappa shape index (κ2) is 13.1. The molecule has 1 aliphatic heterocycles. The Hall–Kier alpha value is -7.44. The maximum Gasteiger partial charge on any atom is 0.198 e. The molecule has 64 heavy (non-hydrogen) atoms. The third-order valence-electron chi connectivity index (χ3n) is 13.6. The van der Waals surface area contributed by atoms with Crippen LogP contribution >= 0.6 is 0 Å². The Morgan fingerprint density at radius 1 is 0.531 bits per heavy atom. The highest BCUT2D eigenvalue weighted by molar-refractivity contribution is 6.74. The Bertz CT molecular complexity index is 3900. The van der Waals surface area contributed by atoms with E-state index < -0.39 is 0 Å². The second-order valence-electron chi connectivity index (χ2n) is 19.6. The molecule has 0 aliphatic carbocycles. The third kappa shape index (κ3) is 5.38. The van der Waals surface area contributed by atoms with E-state index in [9.17, 15) is 0 Å². The van der Waals surface area contributed by atoms with Gasteiger partial charge in [-0.05, 0) is 93.1 Å². The molecule has 0 spiro atoms.